The predicted octanol–water partition coefficient (Wildman–Crippen LogP) is -0.209. The molecule has 2 aromatic carbocycles. The Morgan fingerprint density at radius 3 is 2.37 bits per heavy atom. The second-order valence-corrected chi connectivity index (χ2v) is 6.22. The van der Waals surface area contributed by atoms with Crippen LogP contribution < -0.4 is 31.2 Å². The second-order valence-electron chi connectivity index (χ2n) is 6.22. The summed E-state index contributed by atoms with van der Waals surface area (Å²) in [4.78, 5) is 0. The highest BCUT2D eigenvalue weighted by Gasteiger charge is 2.31. The number of aromatic nitrogens is 1. The Morgan fingerprint density at radius 1 is 0.963 bits per heavy atom. The topological polar surface area (TPSA) is 72.0 Å². The summed E-state index contributed by atoms with van der Waals surface area (Å²) in [7, 11) is 4.60. The molecule has 0 saturated carbocycles. The lowest BCUT2D eigenvalue weighted by atomic mass is 9.94. The molecule has 3 aromatic rings. The van der Waals surface area contributed by atoms with Gasteiger partial charge in [-0.3, -0.25) is 0 Å². The van der Waals surface area contributed by atoms with E-state index >= 15 is 0 Å². The summed E-state index contributed by atoms with van der Waals surface area (Å²) in [5.41, 5.74) is 2.62. The van der Waals surface area contributed by atoms with Crippen molar-refractivity contribution in [2.24, 2.45) is 0 Å². The Hall–Kier alpha value is -2.86. The number of hydrogen-bond acceptors (Lipinski definition) is 5. The van der Waals surface area contributed by atoms with Crippen molar-refractivity contribution in [2.75, 3.05) is 21.3 Å². The van der Waals surface area contributed by atoms with Crippen molar-refractivity contribution in [3.63, 3.8) is 0 Å². The average molecular weight is 390 g/mol. The van der Waals surface area contributed by atoms with Gasteiger partial charge in [0.1, 0.15) is 0 Å². The minimum absolute atomic E-state index is 0. The lowest BCUT2D eigenvalue weighted by Crippen LogP contribution is -3.00. The van der Waals surface area contributed by atoms with Crippen LogP contribution in [0.15, 0.2) is 30.5 Å². The van der Waals surface area contributed by atoms with Gasteiger partial charge in [0, 0.05) is 12.5 Å². The van der Waals surface area contributed by atoms with Gasteiger partial charge < -0.3 is 36.8 Å². The summed E-state index contributed by atoms with van der Waals surface area (Å²) in [6.07, 6.45) is 2.69. The van der Waals surface area contributed by atoms with Gasteiger partial charge in [-0.1, -0.05) is 0 Å². The summed E-state index contributed by atoms with van der Waals surface area (Å²) < 4.78 is 18.1. The minimum Gasteiger partial charge on any atom is -1.00 e. The molecule has 0 radical (unpaired) electrons. The third-order valence-corrected chi connectivity index (χ3v) is 4.90. The third kappa shape index (κ3) is 2.77. The molecule has 0 unspecified atom stereocenters. The van der Waals surface area contributed by atoms with Crippen LogP contribution in [0.1, 0.15) is 5.56 Å². The molecular formula is C20H20ClNO5. The third-order valence-electron chi connectivity index (χ3n) is 4.90. The molecule has 2 N–H and O–H groups in total. The number of nitrogens with zero attached hydrogens (tertiary/aromatic N) is 1. The summed E-state index contributed by atoms with van der Waals surface area (Å²) in [6, 6.07) is 7.34. The van der Waals surface area contributed by atoms with E-state index in [9.17, 15) is 10.2 Å². The fourth-order valence-electron chi connectivity index (χ4n) is 3.68. The van der Waals surface area contributed by atoms with Gasteiger partial charge in [0.15, 0.2) is 35.7 Å². The molecule has 2 heterocycles. The standard InChI is InChI=1S/C20H19NO5.ClH/c1-24-16-9-12-6-7-21-10-13-11(4-5-15(22)19(13)25-2)8-14(21)17(12)18(23)20(16)26-3;/h4-5,8-10,22H,6-7H2,1-3H3;1H. The second kappa shape index (κ2) is 7.04. The number of pyridine rings is 1. The van der Waals surface area contributed by atoms with Crippen molar-refractivity contribution >= 4 is 10.8 Å². The molecule has 0 aliphatic carbocycles. The van der Waals surface area contributed by atoms with Gasteiger partial charge in [-0.05, 0) is 29.1 Å². The zero-order valence-corrected chi connectivity index (χ0v) is 16.0. The summed E-state index contributed by atoms with van der Waals surface area (Å²) in [5, 5.41) is 22.6. The average Bonchev–Trinajstić information content (AvgIpc) is 2.65. The molecule has 1 aliphatic rings. The molecular weight excluding hydrogens is 370 g/mol. The van der Waals surface area contributed by atoms with Crippen molar-refractivity contribution in [2.45, 2.75) is 13.0 Å². The molecule has 4 rings (SSSR count). The van der Waals surface area contributed by atoms with Crippen LogP contribution in [0, 0.1) is 0 Å². The van der Waals surface area contributed by atoms with Gasteiger partial charge >= 0.3 is 0 Å². The Labute approximate surface area is 163 Å². The number of aryl methyl sites for hydroxylation is 2. The molecule has 27 heavy (non-hydrogen) atoms. The van der Waals surface area contributed by atoms with Gasteiger partial charge in [-0.2, -0.15) is 4.57 Å². The highest BCUT2D eigenvalue weighted by molar-refractivity contribution is 5.92. The van der Waals surface area contributed by atoms with Crippen LogP contribution >= 0.6 is 0 Å². The molecule has 1 aliphatic heterocycles. The Balaban J connectivity index is 0.00000210. The van der Waals surface area contributed by atoms with Crippen LogP contribution in [0.4, 0.5) is 0 Å². The maximum absolute atomic E-state index is 10.8. The van der Waals surface area contributed by atoms with E-state index in [1.165, 1.54) is 14.2 Å². The Bertz CT molecular complexity index is 1040. The van der Waals surface area contributed by atoms with Gasteiger partial charge in [-0.25, -0.2) is 0 Å². The number of halogens is 1. The molecule has 6 nitrogen and oxygen atoms in total. The number of phenolic OH excluding ortho intramolecular Hbond substituents is 2. The normalized spacial score (nSPS) is 12.0. The van der Waals surface area contributed by atoms with Gasteiger partial charge in [0.25, 0.3) is 0 Å². The van der Waals surface area contributed by atoms with E-state index in [4.69, 9.17) is 14.2 Å². The number of phenols is 2. The molecule has 0 fully saturated rings. The van der Waals surface area contributed by atoms with E-state index in [0.717, 1.165) is 40.6 Å². The first kappa shape index (κ1) is 18.9. The maximum Gasteiger partial charge on any atom is 0.217 e. The summed E-state index contributed by atoms with van der Waals surface area (Å²) in [6.45, 7) is 0.742. The number of benzene rings is 2. The lowest BCUT2D eigenvalue weighted by Gasteiger charge is -2.20. The SMILES string of the molecule is COc1cc2c(c(O)c1OC)-c1cc3ccc(O)c(OC)c3c[n+]1CC2.[Cl-]. The molecule has 142 valence electrons. The quantitative estimate of drug-likeness (QED) is 0.607. The van der Waals surface area contributed by atoms with Crippen molar-refractivity contribution in [1.82, 2.24) is 0 Å². The van der Waals surface area contributed by atoms with Crippen LogP contribution in [0.2, 0.25) is 0 Å². The number of methoxy groups -OCH3 is 3. The molecule has 7 heteroatoms. The van der Waals surface area contributed by atoms with E-state index in [2.05, 4.69) is 4.57 Å². The van der Waals surface area contributed by atoms with Crippen molar-refractivity contribution in [1.29, 1.82) is 0 Å². The van der Waals surface area contributed by atoms with Gasteiger partial charge in [0.05, 0.1) is 32.3 Å². The molecule has 0 bridgehead atoms. The summed E-state index contributed by atoms with van der Waals surface area (Å²) in [5.74, 6) is 1.46. The van der Waals surface area contributed by atoms with Crippen molar-refractivity contribution in [3.05, 3.63) is 36.0 Å². The van der Waals surface area contributed by atoms with Crippen LogP contribution in [0.3, 0.4) is 0 Å². The molecule has 1 aromatic heterocycles. The Kier molecular flexibility index (Phi) is 4.93. The first-order valence-electron chi connectivity index (χ1n) is 8.29. The Morgan fingerprint density at radius 2 is 1.70 bits per heavy atom. The largest absolute Gasteiger partial charge is 1.00 e. The first-order valence-corrected chi connectivity index (χ1v) is 8.29. The highest BCUT2D eigenvalue weighted by Crippen LogP contribution is 2.47. The van der Waals surface area contributed by atoms with Gasteiger partial charge in [-0.15, -0.1) is 0 Å². The first-order chi connectivity index (χ1) is 12.6. The zero-order chi connectivity index (χ0) is 18.4. The van der Waals surface area contributed by atoms with Gasteiger partial charge in [0.2, 0.25) is 11.4 Å². The lowest BCUT2D eigenvalue weighted by molar-refractivity contribution is -0.686. The predicted molar refractivity (Wildman–Crippen MR) is 96.3 cm³/mol. The van der Waals surface area contributed by atoms with Crippen LogP contribution in [-0.4, -0.2) is 31.5 Å². The molecule has 0 amide bonds. The summed E-state index contributed by atoms with van der Waals surface area (Å²) >= 11 is 0. The van der Waals surface area contributed by atoms with Crippen LogP contribution in [0.5, 0.6) is 28.7 Å². The van der Waals surface area contributed by atoms with Crippen molar-refractivity contribution in [3.8, 4) is 40.0 Å². The van der Waals surface area contributed by atoms with E-state index in [-0.39, 0.29) is 23.9 Å². The number of ether oxygens (including phenoxy) is 3. The smallest absolute Gasteiger partial charge is 0.217 e. The number of aromatic hydroxyl groups is 2. The highest BCUT2D eigenvalue weighted by atomic mass is 35.5. The van der Waals surface area contributed by atoms with E-state index in [1.807, 2.05) is 24.4 Å². The molecule has 0 saturated heterocycles. The fraction of sp³-hybridized carbons (Fsp3) is 0.250. The van der Waals surface area contributed by atoms with E-state index < -0.39 is 0 Å². The van der Waals surface area contributed by atoms with Crippen molar-refractivity contribution < 1.29 is 41.4 Å². The maximum atomic E-state index is 10.8. The zero-order valence-electron chi connectivity index (χ0n) is 15.2. The van der Waals surface area contributed by atoms with Crippen LogP contribution in [0.25, 0.3) is 22.0 Å². The molecule has 0 atom stereocenters. The monoisotopic (exact) mass is 389 g/mol. The van der Waals surface area contributed by atoms with Crippen LogP contribution in [-0.2, 0) is 13.0 Å². The molecule has 0 spiro atoms. The number of rotatable bonds is 3. The van der Waals surface area contributed by atoms with E-state index in [1.54, 1.807) is 13.2 Å². The fourth-order valence-corrected chi connectivity index (χ4v) is 3.68. The van der Waals surface area contributed by atoms with E-state index in [0.29, 0.717) is 17.2 Å². The number of hydrogen-bond donors (Lipinski definition) is 2. The number of fused-ring (bicyclic) bond motifs is 4. The minimum atomic E-state index is 0.